The molecule has 1 aromatic carbocycles. The quantitative estimate of drug-likeness (QED) is 0.846. The second-order valence-corrected chi connectivity index (χ2v) is 6.35. The average Bonchev–Trinajstić information content (AvgIpc) is 2.48. The molecule has 0 aromatic heterocycles. The van der Waals surface area contributed by atoms with Crippen molar-refractivity contribution in [3.63, 3.8) is 0 Å². The lowest BCUT2D eigenvalue weighted by molar-refractivity contribution is -0.121. The van der Waals surface area contributed by atoms with Crippen LogP contribution in [0.4, 0.5) is 0 Å². The van der Waals surface area contributed by atoms with Crippen molar-refractivity contribution in [2.45, 2.75) is 57.9 Å². The standard InChI is InChI=1S/C18H25NO3/c1-13(11-14-7-3-2-4-8-14)19-17(20)12-15-9-5-6-10-16(15)18(21)22/h5-6,9-10,13-14H,2-4,7-8,11-12H2,1H3,(H,19,20)(H,21,22)/t13-/m1/s1. The lowest BCUT2D eigenvalue weighted by Crippen LogP contribution is -2.35. The van der Waals surface area contributed by atoms with Crippen molar-refractivity contribution in [2.24, 2.45) is 5.92 Å². The molecule has 1 saturated carbocycles. The van der Waals surface area contributed by atoms with E-state index in [1.165, 1.54) is 38.2 Å². The third-order valence-electron chi connectivity index (χ3n) is 4.42. The Bertz CT molecular complexity index is 521. The first kappa shape index (κ1) is 16.5. The zero-order chi connectivity index (χ0) is 15.9. The van der Waals surface area contributed by atoms with Crippen molar-refractivity contribution in [1.29, 1.82) is 0 Å². The highest BCUT2D eigenvalue weighted by atomic mass is 16.4. The minimum Gasteiger partial charge on any atom is -0.478 e. The molecule has 22 heavy (non-hydrogen) atoms. The molecule has 4 nitrogen and oxygen atoms in total. The molecule has 2 rings (SSSR count). The number of nitrogens with one attached hydrogen (secondary N) is 1. The monoisotopic (exact) mass is 303 g/mol. The maximum absolute atomic E-state index is 12.1. The zero-order valence-corrected chi connectivity index (χ0v) is 13.2. The van der Waals surface area contributed by atoms with Crippen LogP contribution < -0.4 is 5.32 Å². The van der Waals surface area contributed by atoms with Gasteiger partial charge in [-0.15, -0.1) is 0 Å². The Morgan fingerprint density at radius 2 is 1.91 bits per heavy atom. The Hall–Kier alpha value is -1.84. The fourth-order valence-electron chi connectivity index (χ4n) is 3.36. The Labute approximate surface area is 131 Å². The summed E-state index contributed by atoms with van der Waals surface area (Å²) < 4.78 is 0. The van der Waals surface area contributed by atoms with Gasteiger partial charge in [-0.2, -0.15) is 0 Å². The Balaban J connectivity index is 1.85. The summed E-state index contributed by atoms with van der Waals surface area (Å²) in [5.41, 5.74) is 0.773. The molecule has 1 atom stereocenters. The van der Waals surface area contributed by atoms with Crippen LogP contribution in [0, 0.1) is 5.92 Å². The first-order valence-corrected chi connectivity index (χ1v) is 8.17. The van der Waals surface area contributed by atoms with Crippen molar-refractivity contribution in [3.8, 4) is 0 Å². The van der Waals surface area contributed by atoms with Gasteiger partial charge in [0.2, 0.25) is 5.91 Å². The van der Waals surface area contributed by atoms with E-state index >= 15 is 0 Å². The number of amides is 1. The summed E-state index contributed by atoms with van der Waals surface area (Å²) in [6.45, 7) is 2.04. The molecule has 0 aliphatic heterocycles. The van der Waals surface area contributed by atoms with Crippen LogP contribution in [0.15, 0.2) is 24.3 Å². The molecule has 0 bridgehead atoms. The summed E-state index contributed by atoms with van der Waals surface area (Å²) in [4.78, 5) is 23.3. The lowest BCUT2D eigenvalue weighted by Gasteiger charge is -2.25. The van der Waals surface area contributed by atoms with Crippen LogP contribution in [0.3, 0.4) is 0 Å². The van der Waals surface area contributed by atoms with E-state index in [-0.39, 0.29) is 23.9 Å². The van der Waals surface area contributed by atoms with Gasteiger partial charge < -0.3 is 10.4 Å². The summed E-state index contributed by atoms with van der Waals surface area (Å²) in [6.07, 6.45) is 7.62. The predicted molar refractivity (Wildman–Crippen MR) is 85.9 cm³/mol. The van der Waals surface area contributed by atoms with Crippen molar-refractivity contribution < 1.29 is 14.7 Å². The number of carbonyl (C=O) groups is 2. The van der Waals surface area contributed by atoms with Gasteiger partial charge in [0.25, 0.3) is 0 Å². The molecule has 0 saturated heterocycles. The van der Waals surface area contributed by atoms with E-state index in [4.69, 9.17) is 5.11 Å². The van der Waals surface area contributed by atoms with Gasteiger partial charge in [0.1, 0.15) is 0 Å². The molecule has 120 valence electrons. The fraction of sp³-hybridized carbons (Fsp3) is 0.556. The summed E-state index contributed by atoms with van der Waals surface area (Å²) in [5.74, 6) is -0.369. The fourth-order valence-corrected chi connectivity index (χ4v) is 3.36. The van der Waals surface area contributed by atoms with E-state index in [0.717, 1.165) is 12.3 Å². The van der Waals surface area contributed by atoms with Crippen molar-refractivity contribution in [2.75, 3.05) is 0 Å². The minimum absolute atomic E-state index is 0.1000. The van der Waals surface area contributed by atoms with Crippen molar-refractivity contribution in [1.82, 2.24) is 5.32 Å². The highest BCUT2D eigenvalue weighted by Crippen LogP contribution is 2.27. The molecule has 2 N–H and O–H groups in total. The predicted octanol–water partition coefficient (Wildman–Crippen LogP) is 3.40. The number of carboxylic acids is 1. The third kappa shape index (κ3) is 4.86. The summed E-state index contributed by atoms with van der Waals surface area (Å²) in [5, 5.41) is 12.2. The lowest BCUT2D eigenvalue weighted by atomic mass is 9.85. The van der Waals surface area contributed by atoms with Gasteiger partial charge in [-0.1, -0.05) is 50.3 Å². The molecular weight excluding hydrogens is 278 g/mol. The van der Waals surface area contributed by atoms with Crippen LogP contribution in [-0.4, -0.2) is 23.0 Å². The Morgan fingerprint density at radius 3 is 2.59 bits per heavy atom. The molecule has 1 aliphatic carbocycles. The second kappa shape index (κ2) is 7.97. The van der Waals surface area contributed by atoms with E-state index in [1.54, 1.807) is 18.2 Å². The van der Waals surface area contributed by atoms with Gasteiger partial charge in [-0.05, 0) is 30.9 Å². The molecule has 1 aromatic rings. The van der Waals surface area contributed by atoms with Crippen LogP contribution >= 0.6 is 0 Å². The molecule has 1 fully saturated rings. The number of carboxylic acid groups (broad SMARTS) is 1. The molecule has 0 unspecified atom stereocenters. The maximum Gasteiger partial charge on any atom is 0.335 e. The molecule has 4 heteroatoms. The molecule has 1 amide bonds. The number of rotatable bonds is 6. The van der Waals surface area contributed by atoms with Crippen LogP contribution in [-0.2, 0) is 11.2 Å². The van der Waals surface area contributed by atoms with Gasteiger partial charge in [0.05, 0.1) is 12.0 Å². The number of hydrogen-bond acceptors (Lipinski definition) is 2. The highest BCUT2D eigenvalue weighted by Gasteiger charge is 2.18. The SMILES string of the molecule is C[C@H](CC1CCCCC1)NC(=O)Cc1ccccc1C(=O)O. The molecule has 0 heterocycles. The number of aromatic carboxylic acids is 1. The van der Waals surface area contributed by atoms with Crippen molar-refractivity contribution >= 4 is 11.9 Å². The van der Waals surface area contributed by atoms with Gasteiger partial charge in [0, 0.05) is 6.04 Å². The normalized spacial score (nSPS) is 17.0. The van der Waals surface area contributed by atoms with E-state index in [2.05, 4.69) is 5.32 Å². The van der Waals surface area contributed by atoms with Crippen molar-refractivity contribution in [3.05, 3.63) is 35.4 Å². The molecule has 0 radical (unpaired) electrons. The summed E-state index contributed by atoms with van der Waals surface area (Å²) in [6, 6.07) is 6.83. The first-order chi connectivity index (χ1) is 10.6. The second-order valence-electron chi connectivity index (χ2n) is 6.35. The minimum atomic E-state index is -0.987. The van der Waals surface area contributed by atoms with Gasteiger partial charge >= 0.3 is 5.97 Å². The Kier molecular flexibility index (Phi) is 5.99. The maximum atomic E-state index is 12.1. The van der Waals surface area contributed by atoms with E-state index < -0.39 is 5.97 Å². The molecular formula is C18H25NO3. The van der Waals surface area contributed by atoms with E-state index in [1.807, 2.05) is 6.92 Å². The van der Waals surface area contributed by atoms with Gasteiger partial charge in [-0.25, -0.2) is 4.79 Å². The van der Waals surface area contributed by atoms with Gasteiger partial charge in [-0.3, -0.25) is 4.79 Å². The highest BCUT2D eigenvalue weighted by molar-refractivity contribution is 5.91. The van der Waals surface area contributed by atoms with Crippen LogP contribution in [0.2, 0.25) is 0 Å². The molecule has 1 aliphatic rings. The van der Waals surface area contributed by atoms with Crippen LogP contribution in [0.25, 0.3) is 0 Å². The first-order valence-electron chi connectivity index (χ1n) is 8.17. The van der Waals surface area contributed by atoms with Crippen LogP contribution in [0.5, 0.6) is 0 Å². The Morgan fingerprint density at radius 1 is 1.23 bits per heavy atom. The number of benzene rings is 1. The average molecular weight is 303 g/mol. The smallest absolute Gasteiger partial charge is 0.335 e. The zero-order valence-electron chi connectivity index (χ0n) is 13.2. The molecule has 0 spiro atoms. The topological polar surface area (TPSA) is 66.4 Å². The summed E-state index contributed by atoms with van der Waals surface area (Å²) >= 11 is 0. The third-order valence-corrected chi connectivity index (χ3v) is 4.42. The van der Waals surface area contributed by atoms with Gasteiger partial charge in [0.15, 0.2) is 0 Å². The largest absolute Gasteiger partial charge is 0.478 e. The number of hydrogen-bond donors (Lipinski definition) is 2. The van der Waals surface area contributed by atoms with E-state index in [9.17, 15) is 9.59 Å². The number of carbonyl (C=O) groups excluding carboxylic acids is 1. The van der Waals surface area contributed by atoms with Crippen LogP contribution in [0.1, 0.15) is 61.4 Å². The summed E-state index contributed by atoms with van der Waals surface area (Å²) in [7, 11) is 0. The van der Waals surface area contributed by atoms with E-state index in [0.29, 0.717) is 5.56 Å².